The van der Waals surface area contributed by atoms with Gasteiger partial charge < -0.3 is 4.42 Å². The molecule has 4 aromatic heterocycles. The SMILES string of the molecule is c1ccc(-c2nc(-c3ccc4c(c3)oc3cccc(-c5ccccc5)c34)nc(-n3c4cccc(-c5ccccc5)c4c4ccc5sc6ccccc6c5c43)n2)cc1. The molecule has 4 heterocycles. The van der Waals surface area contributed by atoms with Crippen LogP contribution in [-0.2, 0) is 0 Å². The Bertz CT molecular complexity index is 3510. The molecule has 0 saturated heterocycles. The summed E-state index contributed by atoms with van der Waals surface area (Å²) in [4.78, 5) is 15.8. The minimum absolute atomic E-state index is 0.558. The fraction of sp³-hybridized carbons (Fsp3) is 0. The van der Waals surface area contributed by atoms with Gasteiger partial charge in [-0.25, -0.2) is 4.98 Å². The van der Waals surface area contributed by atoms with Crippen LogP contribution >= 0.6 is 11.3 Å². The summed E-state index contributed by atoms with van der Waals surface area (Å²) in [5, 5.41) is 6.88. The van der Waals surface area contributed by atoms with Crippen LogP contribution in [0.4, 0.5) is 0 Å². The molecule has 8 aromatic carbocycles. The average molecular weight is 747 g/mol. The molecule has 0 fully saturated rings. The molecule has 6 heteroatoms. The van der Waals surface area contributed by atoms with E-state index in [1.165, 1.54) is 25.7 Å². The Hall–Kier alpha value is -7.41. The predicted molar refractivity (Wildman–Crippen MR) is 236 cm³/mol. The molecule has 0 spiro atoms. The quantitative estimate of drug-likeness (QED) is 0.176. The summed E-state index contributed by atoms with van der Waals surface area (Å²) in [6.07, 6.45) is 0. The summed E-state index contributed by atoms with van der Waals surface area (Å²) in [5.74, 6) is 1.73. The molecule has 0 atom stereocenters. The number of rotatable bonds is 5. The van der Waals surface area contributed by atoms with Crippen LogP contribution < -0.4 is 0 Å². The highest BCUT2D eigenvalue weighted by Gasteiger charge is 2.24. The zero-order valence-electron chi connectivity index (χ0n) is 30.4. The van der Waals surface area contributed by atoms with Gasteiger partial charge in [0.1, 0.15) is 11.2 Å². The van der Waals surface area contributed by atoms with Crippen molar-refractivity contribution in [3.05, 3.63) is 182 Å². The topological polar surface area (TPSA) is 56.7 Å². The lowest BCUT2D eigenvalue weighted by atomic mass is 9.99. The first-order valence-electron chi connectivity index (χ1n) is 19.0. The summed E-state index contributed by atoms with van der Waals surface area (Å²) in [6, 6.07) is 63.6. The fourth-order valence-electron chi connectivity index (χ4n) is 8.56. The lowest BCUT2D eigenvalue weighted by Gasteiger charge is -2.12. The van der Waals surface area contributed by atoms with Crippen LogP contribution in [0.15, 0.2) is 186 Å². The molecule has 12 aromatic rings. The minimum Gasteiger partial charge on any atom is -0.456 e. The van der Waals surface area contributed by atoms with Crippen LogP contribution in [0.1, 0.15) is 0 Å². The third kappa shape index (κ3) is 4.98. The molecule has 0 radical (unpaired) electrons. The van der Waals surface area contributed by atoms with Gasteiger partial charge >= 0.3 is 0 Å². The van der Waals surface area contributed by atoms with Crippen LogP contribution in [0.3, 0.4) is 0 Å². The number of furan rings is 1. The van der Waals surface area contributed by atoms with E-state index in [9.17, 15) is 0 Å². The van der Waals surface area contributed by atoms with Crippen molar-refractivity contribution >= 4 is 75.3 Å². The van der Waals surface area contributed by atoms with Crippen LogP contribution in [0.25, 0.3) is 115 Å². The first kappa shape index (κ1) is 31.9. The number of hydrogen-bond acceptors (Lipinski definition) is 5. The Labute approximate surface area is 330 Å². The maximum absolute atomic E-state index is 6.57. The molecule has 0 aliphatic rings. The Balaban J connectivity index is 1.16. The highest BCUT2D eigenvalue weighted by Crippen LogP contribution is 2.45. The van der Waals surface area contributed by atoms with E-state index in [0.29, 0.717) is 17.6 Å². The standard InChI is InChI=1S/C51H30N4OS/c1-4-14-31(15-5-1)35-21-12-23-40-45(35)39-28-29-44-47(38-20-10-11-25-43(38)57-44)48(39)55(40)51-53-49(33-18-8-3-9-19-33)52-50(54-51)34-26-27-37-42(30-34)56-41-24-13-22-36(46(37)41)32-16-6-2-7-17-32/h1-30H. The van der Waals surface area contributed by atoms with Gasteiger partial charge in [-0.1, -0.05) is 146 Å². The zero-order valence-corrected chi connectivity index (χ0v) is 31.2. The monoisotopic (exact) mass is 746 g/mol. The molecule has 0 amide bonds. The maximum atomic E-state index is 6.57. The highest BCUT2D eigenvalue weighted by atomic mass is 32.1. The second kappa shape index (κ2) is 12.6. The van der Waals surface area contributed by atoms with Crippen LogP contribution in [0.2, 0.25) is 0 Å². The molecule has 266 valence electrons. The van der Waals surface area contributed by atoms with Crippen LogP contribution in [-0.4, -0.2) is 19.5 Å². The van der Waals surface area contributed by atoms with Crippen molar-refractivity contribution in [2.24, 2.45) is 0 Å². The molecular weight excluding hydrogens is 717 g/mol. The fourth-order valence-corrected chi connectivity index (χ4v) is 9.67. The molecule has 0 aliphatic carbocycles. The second-order valence-corrected chi connectivity index (χ2v) is 15.4. The van der Waals surface area contributed by atoms with Crippen LogP contribution in [0.5, 0.6) is 0 Å². The summed E-state index contributed by atoms with van der Waals surface area (Å²) in [7, 11) is 0. The van der Waals surface area contributed by atoms with Gasteiger partial charge in [0, 0.05) is 52.8 Å². The van der Waals surface area contributed by atoms with Gasteiger partial charge in [-0.05, 0) is 58.7 Å². The summed E-state index contributed by atoms with van der Waals surface area (Å²) in [6.45, 7) is 0. The summed E-state index contributed by atoms with van der Waals surface area (Å²) >= 11 is 1.82. The largest absolute Gasteiger partial charge is 0.456 e. The van der Waals surface area contributed by atoms with E-state index in [0.717, 1.165) is 71.6 Å². The van der Waals surface area contributed by atoms with E-state index in [4.69, 9.17) is 19.4 Å². The molecular formula is C51H30N4OS. The molecule has 12 rings (SSSR count). The van der Waals surface area contributed by atoms with E-state index < -0.39 is 0 Å². The first-order valence-corrected chi connectivity index (χ1v) is 19.8. The minimum atomic E-state index is 0.558. The maximum Gasteiger partial charge on any atom is 0.238 e. The van der Waals surface area contributed by atoms with Crippen molar-refractivity contribution in [1.82, 2.24) is 19.5 Å². The lowest BCUT2D eigenvalue weighted by molar-refractivity contribution is 0.669. The smallest absolute Gasteiger partial charge is 0.238 e. The number of nitrogens with zero attached hydrogens (tertiary/aromatic N) is 4. The van der Waals surface area contributed by atoms with Gasteiger partial charge in [-0.2, -0.15) is 9.97 Å². The van der Waals surface area contributed by atoms with Crippen molar-refractivity contribution in [3.63, 3.8) is 0 Å². The third-order valence-corrected chi connectivity index (χ3v) is 12.2. The summed E-state index contributed by atoms with van der Waals surface area (Å²) in [5.41, 5.74) is 10.1. The Kier molecular flexibility index (Phi) is 7.03. The molecule has 0 saturated carbocycles. The van der Waals surface area contributed by atoms with Gasteiger partial charge in [0.2, 0.25) is 5.95 Å². The molecule has 0 unspecified atom stereocenters. The van der Waals surface area contributed by atoms with Gasteiger partial charge in [0.15, 0.2) is 11.6 Å². The van der Waals surface area contributed by atoms with E-state index >= 15 is 0 Å². The van der Waals surface area contributed by atoms with Crippen LogP contribution in [0, 0.1) is 0 Å². The van der Waals surface area contributed by atoms with Crippen molar-refractivity contribution < 1.29 is 4.42 Å². The average Bonchev–Trinajstić information content (AvgIpc) is 3.96. The van der Waals surface area contributed by atoms with Crippen molar-refractivity contribution in [1.29, 1.82) is 0 Å². The van der Waals surface area contributed by atoms with Crippen molar-refractivity contribution in [2.45, 2.75) is 0 Å². The van der Waals surface area contributed by atoms with E-state index in [-0.39, 0.29) is 0 Å². The molecule has 57 heavy (non-hydrogen) atoms. The molecule has 0 N–H and O–H groups in total. The summed E-state index contributed by atoms with van der Waals surface area (Å²) < 4.78 is 11.3. The molecule has 5 nitrogen and oxygen atoms in total. The normalized spacial score (nSPS) is 11.9. The number of thiophene rings is 1. The van der Waals surface area contributed by atoms with E-state index in [2.05, 4.69) is 156 Å². The third-order valence-electron chi connectivity index (χ3n) is 11.1. The van der Waals surface area contributed by atoms with Crippen molar-refractivity contribution in [3.8, 4) is 51.0 Å². The Morgan fingerprint density at radius 1 is 0.404 bits per heavy atom. The van der Waals surface area contributed by atoms with E-state index in [1.54, 1.807) is 0 Å². The Morgan fingerprint density at radius 2 is 1.04 bits per heavy atom. The number of fused-ring (bicyclic) bond motifs is 10. The number of aromatic nitrogens is 4. The van der Waals surface area contributed by atoms with Gasteiger partial charge in [-0.3, -0.25) is 4.57 Å². The van der Waals surface area contributed by atoms with Crippen molar-refractivity contribution in [2.75, 3.05) is 0 Å². The number of hydrogen-bond donors (Lipinski definition) is 0. The van der Waals surface area contributed by atoms with E-state index in [1.807, 2.05) is 41.7 Å². The van der Waals surface area contributed by atoms with Gasteiger partial charge in [0.05, 0.1) is 11.0 Å². The second-order valence-electron chi connectivity index (χ2n) is 14.3. The molecule has 0 aliphatic heterocycles. The lowest BCUT2D eigenvalue weighted by Crippen LogP contribution is -2.06. The highest BCUT2D eigenvalue weighted by molar-refractivity contribution is 7.26. The number of benzene rings is 8. The first-order chi connectivity index (χ1) is 28.3. The zero-order chi connectivity index (χ0) is 37.5. The van der Waals surface area contributed by atoms with Gasteiger partial charge in [-0.15, -0.1) is 11.3 Å². The molecule has 0 bridgehead atoms. The predicted octanol–water partition coefficient (Wildman–Crippen LogP) is 13.9. The van der Waals surface area contributed by atoms with Gasteiger partial charge in [0.25, 0.3) is 0 Å². The Morgan fingerprint density at radius 3 is 1.79 bits per heavy atom.